The van der Waals surface area contributed by atoms with E-state index in [1.54, 1.807) is 0 Å². The summed E-state index contributed by atoms with van der Waals surface area (Å²) < 4.78 is 2.40. The number of nitrogens with zero attached hydrogens (tertiary/aromatic N) is 2. The summed E-state index contributed by atoms with van der Waals surface area (Å²) in [5.74, 6) is 0.353. The van der Waals surface area contributed by atoms with E-state index in [1.807, 2.05) is 18.2 Å². The quantitative estimate of drug-likeness (QED) is 0.225. The lowest BCUT2D eigenvalue weighted by Crippen LogP contribution is -2.15. The first-order valence-electron chi connectivity index (χ1n) is 13.1. The van der Waals surface area contributed by atoms with Crippen LogP contribution in [0.4, 0.5) is 11.4 Å². The molecule has 1 heterocycles. The molecular formula is C36H26N2. The fourth-order valence-electron chi connectivity index (χ4n) is 5.60. The van der Waals surface area contributed by atoms with Crippen molar-refractivity contribution in [2.75, 3.05) is 4.90 Å². The van der Waals surface area contributed by atoms with Crippen molar-refractivity contribution in [2.45, 2.75) is 12.3 Å². The summed E-state index contributed by atoms with van der Waals surface area (Å²) >= 11 is 0. The molecule has 1 atom stereocenters. The highest BCUT2D eigenvalue weighted by molar-refractivity contribution is 6.10. The maximum absolute atomic E-state index is 3.10. The zero-order valence-corrected chi connectivity index (χ0v) is 21.0. The van der Waals surface area contributed by atoms with Gasteiger partial charge in [0.25, 0.3) is 0 Å². The molecule has 0 saturated heterocycles. The van der Waals surface area contributed by atoms with Crippen LogP contribution in [0.3, 0.4) is 0 Å². The number of hydrogen-bond acceptors (Lipinski definition) is 1. The zero-order chi connectivity index (χ0) is 25.3. The molecule has 180 valence electrons. The molecule has 0 fully saturated rings. The van der Waals surface area contributed by atoms with Gasteiger partial charge in [-0.15, -0.1) is 0 Å². The molecule has 2 aliphatic carbocycles. The Kier molecular flexibility index (Phi) is 5.53. The van der Waals surface area contributed by atoms with Gasteiger partial charge in [-0.25, -0.2) is 0 Å². The summed E-state index contributed by atoms with van der Waals surface area (Å²) in [4.78, 5) is 2.26. The first kappa shape index (κ1) is 22.2. The number of fused-ring (bicyclic) bond motifs is 3. The molecule has 2 nitrogen and oxygen atoms in total. The van der Waals surface area contributed by atoms with Gasteiger partial charge in [0, 0.05) is 39.8 Å². The molecule has 2 aliphatic rings. The third kappa shape index (κ3) is 3.86. The zero-order valence-electron chi connectivity index (χ0n) is 21.0. The Balaban J connectivity index is 1.18. The molecule has 38 heavy (non-hydrogen) atoms. The van der Waals surface area contributed by atoms with Gasteiger partial charge in [-0.05, 0) is 66.6 Å². The largest absolute Gasteiger partial charge is 0.310 e. The van der Waals surface area contributed by atoms with Crippen LogP contribution in [0.1, 0.15) is 17.9 Å². The lowest BCUT2D eigenvalue weighted by Gasteiger charge is -2.26. The molecule has 0 bridgehead atoms. The highest BCUT2D eigenvalue weighted by Crippen LogP contribution is 2.37. The topological polar surface area (TPSA) is 8.17 Å². The van der Waals surface area contributed by atoms with Gasteiger partial charge in [0.1, 0.15) is 0 Å². The highest BCUT2D eigenvalue weighted by atomic mass is 15.1. The average molecular weight is 487 g/mol. The molecule has 0 amide bonds. The van der Waals surface area contributed by atoms with Crippen LogP contribution in [0.15, 0.2) is 157 Å². The highest BCUT2D eigenvalue weighted by Gasteiger charge is 2.18. The van der Waals surface area contributed by atoms with Crippen LogP contribution in [0, 0.1) is 0 Å². The fourth-order valence-corrected chi connectivity index (χ4v) is 5.60. The minimum Gasteiger partial charge on any atom is -0.310 e. The summed E-state index contributed by atoms with van der Waals surface area (Å²) in [6.45, 7) is 0. The van der Waals surface area contributed by atoms with Crippen LogP contribution >= 0.6 is 0 Å². The van der Waals surface area contributed by atoms with Crippen molar-refractivity contribution in [1.29, 1.82) is 0 Å². The number of allylic oxidation sites excluding steroid dienone is 7. The average Bonchev–Trinajstić information content (AvgIpc) is 3.33. The third-order valence-electron chi connectivity index (χ3n) is 7.41. The van der Waals surface area contributed by atoms with Gasteiger partial charge in [-0.3, -0.25) is 0 Å². The van der Waals surface area contributed by atoms with Gasteiger partial charge in [0.05, 0.1) is 16.7 Å². The molecule has 1 aromatic heterocycles. The van der Waals surface area contributed by atoms with E-state index in [9.17, 15) is 0 Å². The smallest absolute Gasteiger partial charge is 0.0551 e. The SMILES string of the molecule is C1=C=CC(N(c2ccccc2)c2ccc(C3C=CC(n4c5ccccc5c5ccccc54)=CC3)cc2)=CC=1. The van der Waals surface area contributed by atoms with Crippen LogP contribution in [-0.4, -0.2) is 4.57 Å². The molecular weight excluding hydrogens is 460 g/mol. The Morgan fingerprint density at radius 2 is 1.34 bits per heavy atom. The third-order valence-corrected chi connectivity index (χ3v) is 7.41. The van der Waals surface area contributed by atoms with E-state index < -0.39 is 0 Å². The van der Waals surface area contributed by atoms with Crippen LogP contribution in [-0.2, 0) is 0 Å². The van der Waals surface area contributed by atoms with E-state index in [0.717, 1.165) is 23.5 Å². The normalized spacial score (nSPS) is 16.2. The Morgan fingerprint density at radius 1 is 0.684 bits per heavy atom. The van der Waals surface area contributed by atoms with Crippen LogP contribution in [0.2, 0.25) is 0 Å². The maximum atomic E-state index is 3.10. The molecule has 1 unspecified atom stereocenters. The summed E-state index contributed by atoms with van der Waals surface area (Å²) in [6, 6.07) is 36.8. The molecule has 5 aromatic rings. The first-order valence-corrected chi connectivity index (χ1v) is 13.1. The van der Waals surface area contributed by atoms with Gasteiger partial charge < -0.3 is 9.47 Å². The van der Waals surface area contributed by atoms with E-state index in [0.29, 0.717) is 5.92 Å². The van der Waals surface area contributed by atoms with Gasteiger partial charge >= 0.3 is 0 Å². The van der Waals surface area contributed by atoms with E-state index in [4.69, 9.17) is 0 Å². The molecule has 7 rings (SSSR count). The summed E-state index contributed by atoms with van der Waals surface area (Å²) in [5.41, 5.74) is 14.5. The molecule has 0 saturated carbocycles. The first-order chi connectivity index (χ1) is 18.9. The number of rotatable bonds is 5. The number of benzene rings is 4. The fraction of sp³-hybridized carbons (Fsp3) is 0.0556. The van der Waals surface area contributed by atoms with Gasteiger partial charge in [-0.2, -0.15) is 0 Å². The minimum absolute atomic E-state index is 0.353. The monoisotopic (exact) mass is 486 g/mol. The van der Waals surface area contributed by atoms with Gasteiger partial charge in [0.15, 0.2) is 0 Å². The molecule has 0 aliphatic heterocycles. The lowest BCUT2D eigenvalue weighted by atomic mass is 9.91. The second kappa shape index (κ2) is 9.47. The number of hydrogen-bond donors (Lipinski definition) is 0. The van der Waals surface area contributed by atoms with Crippen molar-refractivity contribution in [3.63, 3.8) is 0 Å². The Labute approximate surface area is 222 Å². The van der Waals surface area contributed by atoms with Crippen molar-refractivity contribution < 1.29 is 0 Å². The number of para-hydroxylation sites is 3. The molecule has 4 aromatic carbocycles. The predicted molar refractivity (Wildman–Crippen MR) is 159 cm³/mol. The Bertz CT molecular complexity index is 1800. The Hall–Kier alpha value is -5.00. The molecule has 0 spiro atoms. The van der Waals surface area contributed by atoms with E-state index in [2.05, 4.69) is 142 Å². The van der Waals surface area contributed by atoms with Crippen molar-refractivity contribution in [3.05, 3.63) is 162 Å². The van der Waals surface area contributed by atoms with Crippen molar-refractivity contribution >= 4 is 38.9 Å². The summed E-state index contributed by atoms with van der Waals surface area (Å²) in [7, 11) is 0. The van der Waals surface area contributed by atoms with Crippen LogP contribution < -0.4 is 4.90 Å². The van der Waals surface area contributed by atoms with Crippen LogP contribution in [0.5, 0.6) is 0 Å². The van der Waals surface area contributed by atoms with Crippen molar-refractivity contribution in [1.82, 2.24) is 4.57 Å². The molecule has 0 N–H and O–H groups in total. The van der Waals surface area contributed by atoms with Crippen molar-refractivity contribution in [2.24, 2.45) is 0 Å². The number of aromatic nitrogens is 1. The van der Waals surface area contributed by atoms with Gasteiger partial charge in [0.2, 0.25) is 0 Å². The summed E-state index contributed by atoms with van der Waals surface area (Å²) in [6.07, 6.45) is 13.9. The van der Waals surface area contributed by atoms with E-state index >= 15 is 0 Å². The van der Waals surface area contributed by atoms with Crippen molar-refractivity contribution in [3.8, 4) is 0 Å². The Morgan fingerprint density at radius 3 is 1.97 bits per heavy atom. The predicted octanol–water partition coefficient (Wildman–Crippen LogP) is 9.28. The second-order valence-electron chi connectivity index (χ2n) is 9.65. The minimum atomic E-state index is 0.353. The maximum Gasteiger partial charge on any atom is 0.0551 e. The van der Waals surface area contributed by atoms with E-state index in [-0.39, 0.29) is 0 Å². The summed E-state index contributed by atoms with van der Waals surface area (Å²) in [5, 5.41) is 2.60. The van der Waals surface area contributed by atoms with Crippen LogP contribution in [0.25, 0.3) is 27.5 Å². The second-order valence-corrected chi connectivity index (χ2v) is 9.65. The van der Waals surface area contributed by atoms with E-state index in [1.165, 1.54) is 33.1 Å². The standard InChI is InChI=1S/C36H26N2/c1-3-11-29(12-4-1)37(30-13-5-2-6-14-30)31-23-19-27(20-24-31)28-21-25-32(26-22-28)38-35-17-9-7-15-33(35)34-16-8-10-18-36(34)38/h1,3-5,7-21,23-26,28H,22H2. The van der Waals surface area contributed by atoms with Gasteiger partial charge in [-0.1, -0.05) is 90.3 Å². The number of anilines is 2. The molecule has 2 heteroatoms. The lowest BCUT2D eigenvalue weighted by molar-refractivity contribution is 0.850. The molecule has 0 radical (unpaired) electrons.